The fraction of sp³-hybridized carbons (Fsp3) is 0.364. The van der Waals surface area contributed by atoms with Gasteiger partial charge in [0.05, 0.1) is 6.61 Å². The number of carbonyl (C=O) groups is 1. The van der Waals surface area contributed by atoms with E-state index in [1.165, 1.54) is 6.07 Å². The molecule has 16 heavy (non-hydrogen) atoms. The molecular formula is C11H15NO3S. The smallest absolute Gasteiger partial charge is 0.339 e. The number of carboxylic acids is 1. The number of ether oxygens (including phenoxy) is 1. The number of hydrogen-bond acceptors (Lipinski definition) is 4. The van der Waals surface area contributed by atoms with Gasteiger partial charge in [0.2, 0.25) is 0 Å². The minimum Gasteiger partial charge on any atom is -0.493 e. The summed E-state index contributed by atoms with van der Waals surface area (Å²) >= 11 is 1.73. The van der Waals surface area contributed by atoms with Gasteiger partial charge in [0.1, 0.15) is 11.3 Å². The molecular weight excluding hydrogens is 226 g/mol. The summed E-state index contributed by atoms with van der Waals surface area (Å²) in [5.74, 6) is 0.354. The molecule has 0 fully saturated rings. The van der Waals surface area contributed by atoms with Gasteiger partial charge in [-0.1, -0.05) is 0 Å². The van der Waals surface area contributed by atoms with Crippen molar-refractivity contribution in [1.29, 1.82) is 0 Å². The molecule has 0 aliphatic rings. The van der Waals surface area contributed by atoms with Crippen molar-refractivity contribution < 1.29 is 14.6 Å². The predicted molar refractivity (Wildman–Crippen MR) is 66.3 cm³/mol. The number of thioether (sulfide) groups is 1. The first-order valence-corrected chi connectivity index (χ1v) is 6.29. The standard InChI is InChI=1S/C11H15NO3S/c1-16-6-2-5-15-10-4-3-8(12)7-9(10)11(13)14/h3-4,7H,2,5-6,12H2,1H3,(H,13,14). The van der Waals surface area contributed by atoms with Gasteiger partial charge in [-0.05, 0) is 36.6 Å². The topological polar surface area (TPSA) is 72.5 Å². The molecule has 88 valence electrons. The molecule has 0 amide bonds. The zero-order chi connectivity index (χ0) is 12.0. The highest BCUT2D eigenvalue weighted by molar-refractivity contribution is 7.98. The Morgan fingerprint density at radius 1 is 1.56 bits per heavy atom. The van der Waals surface area contributed by atoms with Crippen LogP contribution in [0.3, 0.4) is 0 Å². The van der Waals surface area contributed by atoms with E-state index in [2.05, 4.69) is 0 Å². The fourth-order valence-electron chi connectivity index (χ4n) is 1.23. The molecule has 1 rings (SSSR count). The van der Waals surface area contributed by atoms with Crippen LogP contribution in [-0.4, -0.2) is 29.7 Å². The minimum atomic E-state index is -1.02. The van der Waals surface area contributed by atoms with Crippen LogP contribution >= 0.6 is 11.8 Å². The molecule has 0 aliphatic heterocycles. The highest BCUT2D eigenvalue weighted by Gasteiger charge is 2.11. The van der Waals surface area contributed by atoms with Gasteiger partial charge in [-0.2, -0.15) is 11.8 Å². The molecule has 0 heterocycles. The molecule has 0 aliphatic carbocycles. The van der Waals surface area contributed by atoms with E-state index in [0.717, 1.165) is 12.2 Å². The van der Waals surface area contributed by atoms with Crippen LogP contribution in [0, 0.1) is 0 Å². The first kappa shape index (κ1) is 12.7. The van der Waals surface area contributed by atoms with Gasteiger partial charge in [0.15, 0.2) is 0 Å². The van der Waals surface area contributed by atoms with Crippen molar-refractivity contribution in [2.45, 2.75) is 6.42 Å². The summed E-state index contributed by atoms with van der Waals surface area (Å²) in [7, 11) is 0. The van der Waals surface area contributed by atoms with Gasteiger partial charge < -0.3 is 15.6 Å². The molecule has 5 heteroatoms. The number of hydrogen-bond donors (Lipinski definition) is 2. The Morgan fingerprint density at radius 3 is 2.94 bits per heavy atom. The summed E-state index contributed by atoms with van der Waals surface area (Å²) in [6.45, 7) is 0.519. The second-order valence-electron chi connectivity index (χ2n) is 3.26. The van der Waals surface area contributed by atoms with Crippen LogP contribution in [0.15, 0.2) is 18.2 Å². The lowest BCUT2D eigenvalue weighted by Gasteiger charge is -2.09. The second kappa shape index (κ2) is 6.27. The number of nitrogens with two attached hydrogens (primary N) is 1. The van der Waals surface area contributed by atoms with E-state index in [0.29, 0.717) is 18.0 Å². The fourth-order valence-corrected chi connectivity index (χ4v) is 1.63. The van der Waals surface area contributed by atoms with E-state index >= 15 is 0 Å². The largest absolute Gasteiger partial charge is 0.493 e. The predicted octanol–water partition coefficient (Wildman–Crippen LogP) is 2.10. The van der Waals surface area contributed by atoms with Crippen LogP contribution < -0.4 is 10.5 Å². The number of carboxylic acid groups (broad SMARTS) is 1. The van der Waals surface area contributed by atoms with Crippen LogP contribution in [0.2, 0.25) is 0 Å². The summed E-state index contributed by atoms with van der Waals surface area (Å²) in [6.07, 6.45) is 2.91. The van der Waals surface area contributed by atoms with Crippen LogP contribution in [0.4, 0.5) is 5.69 Å². The lowest BCUT2D eigenvalue weighted by molar-refractivity contribution is 0.0692. The van der Waals surface area contributed by atoms with Gasteiger partial charge in [-0.25, -0.2) is 4.79 Å². The molecule has 4 nitrogen and oxygen atoms in total. The maximum atomic E-state index is 10.9. The van der Waals surface area contributed by atoms with Crippen LogP contribution in [-0.2, 0) is 0 Å². The van der Waals surface area contributed by atoms with E-state index in [4.69, 9.17) is 15.6 Å². The summed E-state index contributed by atoms with van der Waals surface area (Å²) in [4.78, 5) is 10.9. The molecule has 0 aromatic heterocycles. The molecule has 0 unspecified atom stereocenters. The number of aromatic carboxylic acids is 1. The molecule has 0 saturated heterocycles. The summed E-state index contributed by atoms with van der Waals surface area (Å²) < 4.78 is 5.41. The third kappa shape index (κ3) is 3.66. The van der Waals surface area contributed by atoms with Crippen molar-refractivity contribution in [1.82, 2.24) is 0 Å². The first-order valence-electron chi connectivity index (χ1n) is 4.89. The van der Waals surface area contributed by atoms with Gasteiger partial charge in [0.25, 0.3) is 0 Å². The van der Waals surface area contributed by atoms with Crippen molar-refractivity contribution >= 4 is 23.4 Å². The molecule has 0 spiro atoms. The normalized spacial score (nSPS) is 10.1. The molecule has 0 radical (unpaired) electrons. The summed E-state index contributed by atoms with van der Waals surface area (Å²) in [6, 6.07) is 4.64. The molecule has 0 atom stereocenters. The molecule has 1 aromatic carbocycles. The molecule has 3 N–H and O–H groups in total. The van der Waals surface area contributed by atoms with Crippen LogP contribution in [0.25, 0.3) is 0 Å². The Morgan fingerprint density at radius 2 is 2.31 bits per heavy atom. The third-order valence-corrected chi connectivity index (χ3v) is 2.68. The van der Waals surface area contributed by atoms with Gasteiger partial charge in [0, 0.05) is 5.69 Å². The van der Waals surface area contributed by atoms with E-state index in [9.17, 15) is 4.79 Å². The monoisotopic (exact) mass is 241 g/mol. The van der Waals surface area contributed by atoms with Gasteiger partial charge in [-0.3, -0.25) is 0 Å². The van der Waals surface area contributed by atoms with Crippen LogP contribution in [0.5, 0.6) is 5.75 Å². The van der Waals surface area contributed by atoms with Crippen molar-refractivity contribution in [2.24, 2.45) is 0 Å². The number of benzene rings is 1. The number of nitrogen functional groups attached to an aromatic ring is 1. The molecule has 0 saturated carbocycles. The lowest BCUT2D eigenvalue weighted by atomic mass is 10.2. The van der Waals surface area contributed by atoms with Gasteiger partial charge in [-0.15, -0.1) is 0 Å². The average molecular weight is 241 g/mol. The number of anilines is 1. The second-order valence-corrected chi connectivity index (χ2v) is 4.24. The van der Waals surface area contributed by atoms with E-state index in [-0.39, 0.29) is 5.56 Å². The van der Waals surface area contributed by atoms with Crippen molar-refractivity contribution in [3.05, 3.63) is 23.8 Å². The van der Waals surface area contributed by atoms with E-state index in [1.807, 2.05) is 6.26 Å². The van der Waals surface area contributed by atoms with E-state index < -0.39 is 5.97 Å². The summed E-state index contributed by atoms with van der Waals surface area (Å²) in [5, 5.41) is 8.95. The zero-order valence-electron chi connectivity index (χ0n) is 9.10. The Bertz CT molecular complexity index is 368. The Labute approximate surface area is 98.8 Å². The maximum absolute atomic E-state index is 10.9. The van der Waals surface area contributed by atoms with Gasteiger partial charge >= 0.3 is 5.97 Å². The highest BCUT2D eigenvalue weighted by Crippen LogP contribution is 2.21. The van der Waals surface area contributed by atoms with Crippen LogP contribution in [0.1, 0.15) is 16.8 Å². The van der Waals surface area contributed by atoms with E-state index in [1.54, 1.807) is 23.9 Å². The van der Waals surface area contributed by atoms with Crippen molar-refractivity contribution in [3.8, 4) is 5.75 Å². The minimum absolute atomic E-state index is 0.115. The lowest BCUT2D eigenvalue weighted by Crippen LogP contribution is -2.05. The Kier molecular flexibility index (Phi) is 4.98. The molecule has 1 aromatic rings. The van der Waals surface area contributed by atoms with Crippen molar-refractivity contribution in [2.75, 3.05) is 24.3 Å². The summed E-state index contributed by atoms with van der Waals surface area (Å²) in [5.41, 5.74) is 6.06. The third-order valence-electron chi connectivity index (χ3n) is 1.98. The Hall–Kier alpha value is -1.36. The SMILES string of the molecule is CSCCCOc1ccc(N)cc1C(=O)O. The first-order chi connectivity index (χ1) is 7.65. The van der Waals surface area contributed by atoms with Crippen molar-refractivity contribution in [3.63, 3.8) is 0 Å². The average Bonchev–Trinajstić information content (AvgIpc) is 2.26. The number of rotatable bonds is 6. The Balaban J connectivity index is 2.67. The quantitative estimate of drug-likeness (QED) is 0.589. The zero-order valence-corrected chi connectivity index (χ0v) is 9.92. The highest BCUT2D eigenvalue weighted by atomic mass is 32.2. The molecule has 0 bridgehead atoms. The maximum Gasteiger partial charge on any atom is 0.339 e.